The van der Waals surface area contributed by atoms with E-state index in [1.807, 2.05) is 6.92 Å². The maximum Gasteiger partial charge on any atom is 0.307 e. The zero-order chi connectivity index (χ0) is 21.9. The van der Waals surface area contributed by atoms with E-state index in [-0.39, 0.29) is 12.2 Å². The summed E-state index contributed by atoms with van der Waals surface area (Å²) in [5, 5.41) is 0. The number of carbonyl (C=O) groups is 1. The third-order valence-electron chi connectivity index (χ3n) is 5.96. The summed E-state index contributed by atoms with van der Waals surface area (Å²) in [6, 6.07) is 17.6. The number of hydrogen-bond acceptors (Lipinski definition) is 4. The molecule has 2 aromatic rings. The third kappa shape index (κ3) is 7.48. The highest BCUT2D eigenvalue weighted by Gasteiger charge is 2.23. The van der Waals surface area contributed by atoms with Gasteiger partial charge in [-0.05, 0) is 61.3 Å². The number of rotatable bonds is 11. The SMILES string of the molecule is CCCCc1ccc(-c2ccc(COC3CCCCN3CCC(=O)OCC)cc2)cc1. The van der Waals surface area contributed by atoms with Gasteiger partial charge in [0.15, 0.2) is 0 Å². The van der Waals surface area contributed by atoms with Crippen LogP contribution < -0.4 is 0 Å². The van der Waals surface area contributed by atoms with E-state index in [1.54, 1.807) is 0 Å². The lowest BCUT2D eigenvalue weighted by Crippen LogP contribution is -2.42. The molecule has 0 aliphatic carbocycles. The van der Waals surface area contributed by atoms with E-state index in [0.29, 0.717) is 26.2 Å². The fourth-order valence-corrected chi connectivity index (χ4v) is 4.10. The van der Waals surface area contributed by atoms with E-state index in [4.69, 9.17) is 9.47 Å². The summed E-state index contributed by atoms with van der Waals surface area (Å²) < 4.78 is 11.3. The van der Waals surface area contributed by atoms with Crippen LogP contribution in [0, 0.1) is 0 Å². The summed E-state index contributed by atoms with van der Waals surface area (Å²) in [4.78, 5) is 14.0. The molecule has 2 aromatic carbocycles. The van der Waals surface area contributed by atoms with Gasteiger partial charge in [-0.3, -0.25) is 9.69 Å². The number of benzene rings is 2. The van der Waals surface area contributed by atoms with E-state index in [1.165, 1.54) is 41.5 Å². The van der Waals surface area contributed by atoms with Gasteiger partial charge in [0.25, 0.3) is 0 Å². The molecule has 0 saturated carbocycles. The zero-order valence-corrected chi connectivity index (χ0v) is 19.1. The Morgan fingerprint density at radius 1 is 0.968 bits per heavy atom. The molecule has 0 bridgehead atoms. The monoisotopic (exact) mass is 423 g/mol. The second-order valence-corrected chi connectivity index (χ2v) is 8.35. The number of piperidine rings is 1. The normalized spacial score (nSPS) is 16.9. The lowest BCUT2D eigenvalue weighted by Gasteiger charge is -2.35. The molecule has 0 amide bonds. The minimum absolute atomic E-state index is 0.0820. The Balaban J connectivity index is 1.51. The van der Waals surface area contributed by atoms with E-state index in [9.17, 15) is 4.79 Å². The van der Waals surface area contributed by atoms with Crippen LogP contribution in [0.25, 0.3) is 11.1 Å². The van der Waals surface area contributed by atoms with Crippen LogP contribution in [0.1, 0.15) is 63.5 Å². The first kappa shape index (κ1) is 23.5. The number of carbonyl (C=O) groups excluding carboxylic acids is 1. The molecule has 1 aliphatic rings. The van der Waals surface area contributed by atoms with E-state index < -0.39 is 0 Å². The Labute approximate surface area is 187 Å². The summed E-state index contributed by atoms with van der Waals surface area (Å²) in [6.45, 7) is 6.80. The van der Waals surface area contributed by atoms with Crippen molar-refractivity contribution < 1.29 is 14.3 Å². The quantitative estimate of drug-likeness (QED) is 0.417. The van der Waals surface area contributed by atoms with Crippen LogP contribution in [0.5, 0.6) is 0 Å². The second kappa shape index (κ2) is 12.6. The van der Waals surface area contributed by atoms with Crippen molar-refractivity contribution in [2.24, 2.45) is 0 Å². The number of likely N-dealkylation sites (tertiary alicyclic amines) is 1. The second-order valence-electron chi connectivity index (χ2n) is 8.35. The van der Waals surface area contributed by atoms with E-state index >= 15 is 0 Å². The number of esters is 1. The first-order valence-electron chi connectivity index (χ1n) is 11.9. The van der Waals surface area contributed by atoms with Crippen molar-refractivity contribution in [1.29, 1.82) is 0 Å². The predicted octanol–water partition coefficient (Wildman–Crippen LogP) is 5.98. The molecule has 1 heterocycles. The molecule has 0 spiro atoms. The maximum atomic E-state index is 11.7. The lowest BCUT2D eigenvalue weighted by atomic mass is 10.0. The highest BCUT2D eigenvalue weighted by atomic mass is 16.5. The number of ether oxygens (including phenoxy) is 2. The van der Waals surface area contributed by atoms with Gasteiger partial charge in [-0.15, -0.1) is 0 Å². The number of hydrogen-bond donors (Lipinski definition) is 0. The Bertz CT molecular complexity index is 785. The fraction of sp³-hybridized carbons (Fsp3) is 0.519. The van der Waals surface area contributed by atoms with Crippen LogP contribution >= 0.6 is 0 Å². The molecule has 1 aliphatic heterocycles. The van der Waals surface area contributed by atoms with Gasteiger partial charge < -0.3 is 9.47 Å². The van der Waals surface area contributed by atoms with Crippen LogP contribution in [0.3, 0.4) is 0 Å². The molecule has 0 radical (unpaired) electrons. The first-order chi connectivity index (χ1) is 15.2. The van der Waals surface area contributed by atoms with Crippen LogP contribution in [-0.4, -0.2) is 36.8 Å². The van der Waals surface area contributed by atoms with Crippen LogP contribution in [0.4, 0.5) is 0 Å². The molecule has 31 heavy (non-hydrogen) atoms. The number of nitrogens with zero attached hydrogens (tertiary/aromatic N) is 1. The van der Waals surface area contributed by atoms with Gasteiger partial charge in [-0.2, -0.15) is 0 Å². The summed E-state index contributed by atoms with van der Waals surface area (Å²) in [5.41, 5.74) is 5.08. The highest BCUT2D eigenvalue weighted by molar-refractivity contribution is 5.69. The molecular weight excluding hydrogens is 386 g/mol. The van der Waals surface area contributed by atoms with Crippen LogP contribution in [0.15, 0.2) is 48.5 Å². The molecule has 4 nitrogen and oxygen atoms in total. The van der Waals surface area contributed by atoms with E-state index in [2.05, 4.69) is 60.4 Å². The summed E-state index contributed by atoms with van der Waals surface area (Å²) in [6.07, 6.45) is 7.50. The van der Waals surface area contributed by atoms with Gasteiger partial charge in [0.2, 0.25) is 0 Å². The predicted molar refractivity (Wildman–Crippen MR) is 126 cm³/mol. The summed E-state index contributed by atoms with van der Waals surface area (Å²) >= 11 is 0. The minimum Gasteiger partial charge on any atom is -0.466 e. The van der Waals surface area contributed by atoms with Gasteiger partial charge in [-0.25, -0.2) is 0 Å². The van der Waals surface area contributed by atoms with Gasteiger partial charge in [0.1, 0.15) is 6.23 Å². The molecule has 4 heteroatoms. The van der Waals surface area contributed by atoms with Crippen molar-refractivity contribution in [3.63, 3.8) is 0 Å². The van der Waals surface area contributed by atoms with Gasteiger partial charge >= 0.3 is 5.97 Å². The third-order valence-corrected chi connectivity index (χ3v) is 5.96. The van der Waals surface area contributed by atoms with Crippen molar-refractivity contribution in [2.45, 2.75) is 71.6 Å². The summed E-state index contributed by atoms with van der Waals surface area (Å²) in [7, 11) is 0. The molecule has 0 N–H and O–H groups in total. The van der Waals surface area contributed by atoms with Crippen molar-refractivity contribution >= 4 is 5.97 Å². The molecule has 0 aromatic heterocycles. The molecule has 1 saturated heterocycles. The molecule has 1 unspecified atom stereocenters. The highest BCUT2D eigenvalue weighted by Crippen LogP contribution is 2.23. The average molecular weight is 424 g/mol. The fourth-order valence-electron chi connectivity index (χ4n) is 4.10. The van der Waals surface area contributed by atoms with Crippen molar-refractivity contribution in [2.75, 3.05) is 19.7 Å². The largest absolute Gasteiger partial charge is 0.466 e. The number of unbranched alkanes of at least 4 members (excludes halogenated alkanes) is 1. The van der Waals surface area contributed by atoms with E-state index in [0.717, 1.165) is 25.8 Å². The summed E-state index contributed by atoms with van der Waals surface area (Å²) in [5.74, 6) is -0.124. The average Bonchev–Trinajstić information content (AvgIpc) is 2.81. The Hall–Kier alpha value is -2.17. The number of aryl methyl sites for hydroxylation is 1. The van der Waals surface area contributed by atoms with Gasteiger partial charge in [-0.1, -0.05) is 61.9 Å². The molecular formula is C27H37NO3. The van der Waals surface area contributed by atoms with Gasteiger partial charge in [0.05, 0.1) is 19.6 Å². The smallest absolute Gasteiger partial charge is 0.307 e. The topological polar surface area (TPSA) is 38.8 Å². The molecule has 1 atom stereocenters. The maximum absolute atomic E-state index is 11.7. The van der Waals surface area contributed by atoms with Crippen molar-refractivity contribution in [3.8, 4) is 11.1 Å². The Kier molecular flexibility index (Phi) is 9.57. The van der Waals surface area contributed by atoms with Crippen molar-refractivity contribution in [1.82, 2.24) is 4.90 Å². The standard InChI is InChI=1S/C27H37NO3/c1-3-5-8-22-10-14-24(15-11-22)25-16-12-23(13-17-25)21-31-26-9-6-7-19-28(26)20-18-27(29)30-4-2/h10-17,26H,3-9,18-21H2,1-2H3. The zero-order valence-electron chi connectivity index (χ0n) is 19.1. The Morgan fingerprint density at radius 3 is 2.29 bits per heavy atom. The first-order valence-corrected chi connectivity index (χ1v) is 11.9. The Morgan fingerprint density at radius 2 is 1.65 bits per heavy atom. The molecule has 3 rings (SSSR count). The molecule has 168 valence electrons. The molecule has 1 fully saturated rings. The minimum atomic E-state index is -0.124. The lowest BCUT2D eigenvalue weighted by molar-refractivity contribution is -0.145. The van der Waals surface area contributed by atoms with Crippen molar-refractivity contribution in [3.05, 3.63) is 59.7 Å². The van der Waals surface area contributed by atoms with Gasteiger partial charge in [0, 0.05) is 13.1 Å². The van der Waals surface area contributed by atoms with Crippen LogP contribution in [-0.2, 0) is 27.3 Å². The van der Waals surface area contributed by atoms with Crippen LogP contribution in [0.2, 0.25) is 0 Å².